The molecule has 1 aromatic rings. The molecular formula is C18H16BrNO4. The van der Waals surface area contributed by atoms with E-state index in [0.29, 0.717) is 29.9 Å². The van der Waals surface area contributed by atoms with Crippen LogP contribution in [0.5, 0.6) is 0 Å². The van der Waals surface area contributed by atoms with E-state index in [0.717, 1.165) is 9.37 Å². The SMILES string of the molecule is CC1(C)CC(=O)C2=C(C1)O[C@@H]1C(=O)N(c3ccc(Br)cc3)C(=O)[C@H]21. The largest absolute Gasteiger partial charge is 0.483 e. The lowest BCUT2D eigenvalue weighted by atomic mass is 9.74. The predicted octanol–water partition coefficient (Wildman–Crippen LogP) is 2.98. The Morgan fingerprint density at radius 2 is 1.75 bits per heavy atom. The smallest absolute Gasteiger partial charge is 0.276 e. The Morgan fingerprint density at radius 1 is 1.08 bits per heavy atom. The van der Waals surface area contributed by atoms with Gasteiger partial charge in [0.25, 0.3) is 5.91 Å². The highest BCUT2D eigenvalue weighted by atomic mass is 79.9. The fourth-order valence-electron chi connectivity index (χ4n) is 3.77. The summed E-state index contributed by atoms with van der Waals surface area (Å²) < 4.78 is 6.65. The summed E-state index contributed by atoms with van der Waals surface area (Å²) in [5.41, 5.74) is 0.709. The van der Waals surface area contributed by atoms with Crippen LogP contribution in [0.1, 0.15) is 26.7 Å². The number of halogens is 1. The summed E-state index contributed by atoms with van der Waals surface area (Å²) in [6, 6.07) is 6.93. The highest BCUT2D eigenvalue weighted by molar-refractivity contribution is 9.10. The van der Waals surface area contributed by atoms with Gasteiger partial charge >= 0.3 is 0 Å². The average molecular weight is 390 g/mol. The number of carbonyl (C=O) groups is 3. The second-order valence-electron chi connectivity index (χ2n) is 7.28. The van der Waals surface area contributed by atoms with E-state index in [1.165, 1.54) is 0 Å². The molecule has 4 rings (SSSR count). The summed E-state index contributed by atoms with van der Waals surface area (Å²) in [4.78, 5) is 39.3. The number of allylic oxidation sites excluding steroid dienone is 1. The molecule has 2 amide bonds. The van der Waals surface area contributed by atoms with E-state index in [1.807, 2.05) is 13.8 Å². The number of nitrogens with zero attached hydrogens (tertiary/aromatic N) is 1. The number of hydrogen-bond donors (Lipinski definition) is 0. The van der Waals surface area contributed by atoms with Gasteiger partial charge in [0.1, 0.15) is 11.7 Å². The third kappa shape index (κ3) is 2.16. The first-order valence-corrected chi connectivity index (χ1v) is 8.64. The molecule has 1 saturated heterocycles. The summed E-state index contributed by atoms with van der Waals surface area (Å²) in [7, 11) is 0. The van der Waals surface area contributed by atoms with Crippen molar-refractivity contribution in [2.75, 3.05) is 4.90 Å². The molecule has 3 aliphatic rings. The van der Waals surface area contributed by atoms with Gasteiger partial charge in [-0.3, -0.25) is 14.4 Å². The summed E-state index contributed by atoms with van der Waals surface area (Å²) in [6.45, 7) is 3.98. The molecule has 1 aromatic carbocycles. The Balaban J connectivity index is 1.72. The number of carbonyl (C=O) groups excluding carboxylic acids is 3. The molecule has 0 N–H and O–H groups in total. The number of imide groups is 1. The molecular weight excluding hydrogens is 374 g/mol. The van der Waals surface area contributed by atoms with E-state index < -0.39 is 17.9 Å². The first kappa shape index (κ1) is 15.6. The standard InChI is InChI=1S/C18H16BrNO4/c1-18(2)7-11(21)13-12(8-18)24-15-14(13)16(22)20(17(15)23)10-5-3-9(19)4-6-10/h3-6,14-15H,7-8H2,1-2H3/t14-,15+/m1/s1. The predicted molar refractivity (Wildman–Crippen MR) is 90.0 cm³/mol. The van der Waals surface area contributed by atoms with Crippen LogP contribution in [0.2, 0.25) is 0 Å². The number of amides is 2. The molecule has 5 nitrogen and oxygen atoms in total. The van der Waals surface area contributed by atoms with Crippen molar-refractivity contribution in [1.29, 1.82) is 0 Å². The lowest BCUT2D eigenvalue weighted by Gasteiger charge is -2.29. The van der Waals surface area contributed by atoms with Crippen LogP contribution in [0.15, 0.2) is 40.1 Å². The molecule has 6 heteroatoms. The highest BCUT2D eigenvalue weighted by Crippen LogP contribution is 2.48. The van der Waals surface area contributed by atoms with E-state index in [2.05, 4.69) is 15.9 Å². The Labute approximate surface area is 147 Å². The zero-order valence-corrected chi connectivity index (χ0v) is 14.9. The van der Waals surface area contributed by atoms with E-state index in [-0.39, 0.29) is 17.1 Å². The van der Waals surface area contributed by atoms with Gasteiger partial charge in [0.2, 0.25) is 5.91 Å². The van der Waals surface area contributed by atoms with Crippen LogP contribution in [0, 0.1) is 11.3 Å². The maximum absolute atomic E-state index is 12.9. The zero-order chi connectivity index (χ0) is 17.2. The molecule has 24 heavy (non-hydrogen) atoms. The minimum atomic E-state index is -0.899. The zero-order valence-electron chi connectivity index (χ0n) is 13.3. The number of hydrogen-bond acceptors (Lipinski definition) is 4. The third-order valence-electron chi connectivity index (χ3n) is 4.80. The molecule has 2 aliphatic heterocycles. The molecule has 1 aliphatic carbocycles. The lowest BCUT2D eigenvalue weighted by Crippen LogP contribution is -2.34. The maximum atomic E-state index is 12.9. The molecule has 1 fully saturated rings. The first-order chi connectivity index (χ1) is 11.3. The third-order valence-corrected chi connectivity index (χ3v) is 5.33. The summed E-state index contributed by atoms with van der Waals surface area (Å²) >= 11 is 3.33. The van der Waals surface area contributed by atoms with Gasteiger partial charge in [-0.25, -0.2) is 4.90 Å². The summed E-state index contributed by atoms with van der Waals surface area (Å²) in [5.74, 6) is -1.10. The quantitative estimate of drug-likeness (QED) is 0.692. The Kier molecular flexibility index (Phi) is 3.26. The number of benzene rings is 1. The number of ether oxygens (including phenoxy) is 1. The van der Waals surface area contributed by atoms with Gasteiger partial charge in [0.05, 0.1) is 5.69 Å². The normalized spacial score (nSPS) is 28.1. The fourth-order valence-corrected chi connectivity index (χ4v) is 4.03. The van der Waals surface area contributed by atoms with Gasteiger partial charge in [0.15, 0.2) is 11.9 Å². The van der Waals surface area contributed by atoms with Crippen molar-refractivity contribution < 1.29 is 19.1 Å². The van der Waals surface area contributed by atoms with Crippen LogP contribution in [-0.4, -0.2) is 23.7 Å². The number of Topliss-reactive ketones (excluding diaryl/α,β-unsaturated/α-hetero) is 1. The Morgan fingerprint density at radius 3 is 2.42 bits per heavy atom. The maximum Gasteiger partial charge on any atom is 0.276 e. The van der Waals surface area contributed by atoms with Gasteiger partial charge < -0.3 is 4.74 Å². The average Bonchev–Trinajstić information content (AvgIpc) is 2.96. The molecule has 124 valence electrons. The first-order valence-electron chi connectivity index (χ1n) is 7.85. The second-order valence-corrected chi connectivity index (χ2v) is 8.20. The summed E-state index contributed by atoms with van der Waals surface area (Å²) in [6.07, 6.45) is 0.0574. The van der Waals surface area contributed by atoms with Crippen molar-refractivity contribution in [3.63, 3.8) is 0 Å². The topological polar surface area (TPSA) is 63.7 Å². The van der Waals surface area contributed by atoms with Crippen molar-refractivity contribution in [2.45, 2.75) is 32.8 Å². The lowest BCUT2D eigenvalue weighted by molar-refractivity contribution is -0.126. The molecule has 0 spiro atoms. The molecule has 0 bridgehead atoms. The monoisotopic (exact) mass is 389 g/mol. The number of fused-ring (bicyclic) bond motifs is 2. The second kappa shape index (κ2) is 5.02. The van der Waals surface area contributed by atoms with Crippen LogP contribution < -0.4 is 4.90 Å². The Bertz CT molecular complexity index is 809. The van der Waals surface area contributed by atoms with E-state index in [4.69, 9.17) is 4.74 Å². The van der Waals surface area contributed by atoms with Crippen LogP contribution >= 0.6 is 15.9 Å². The van der Waals surface area contributed by atoms with Crippen LogP contribution in [0.3, 0.4) is 0 Å². The highest BCUT2D eigenvalue weighted by Gasteiger charge is 2.59. The molecule has 0 aromatic heterocycles. The molecule has 0 radical (unpaired) electrons. The fraction of sp³-hybridized carbons (Fsp3) is 0.389. The minimum Gasteiger partial charge on any atom is -0.483 e. The van der Waals surface area contributed by atoms with E-state index in [9.17, 15) is 14.4 Å². The van der Waals surface area contributed by atoms with Crippen molar-refractivity contribution in [2.24, 2.45) is 11.3 Å². The van der Waals surface area contributed by atoms with Crippen LogP contribution in [-0.2, 0) is 19.1 Å². The van der Waals surface area contributed by atoms with Crippen LogP contribution in [0.4, 0.5) is 5.69 Å². The molecule has 0 saturated carbocycles. The van der Waals surface area contributed by atoms with E-state index in [1.54, 1.807) is 24.3 Å². The van der Waals surface area contributed by atoms with Crippen molar-refractivity contribution in [3.05, 3.63) is 40.1 Å². The summed E-state index contributed by atoms with van der Waals surface area (Å²) in [5, 5.41) is 0. The molecule has 0 unspecified atom stereocenters. The number of anilines is 1. The molecule has 2 heterocycles. The van der Waals surface area contributed by atoms with Gasteiger partial charge in [-0.15, -0.1) is 0 Å². The van der Waals surface area contributed by atoms with Gasteiger partial charge in [0, 0.05) is 22.9 Å². The van der Waals surface area contributed by atoms with E-state index >= 15 is 0 Å². The molecule has 2 atom stereocenters. The number of ketones is 1. The van der Waals surface area contributed by atoms with Gasteiger partial charge in [-0.05, 0) is 29.7 Å². The van der Waals surface area contributed by atoms with Crippen molar-refractivity contribution in [3.8, 4) is 0 Å². The van der Waals surface area contributed by atoms with Crippen LogP contribution in [0.25, 0.3) is 0 Å². The van der Waals surface area contributed by atoms with Gasteiger partial charge in [-0.2, -0.15) is 0 Å². The Hall–Kier alpha value is -1.95. The minimum absolute atomic E-state index is 0.0763. The van der Waals surface area contributed by atoms with Crippen molar-refractivity contribution in [1.82, 2.24) is 0 Å². The van der Waals surface area contributed by atoms with Gasteiger partial charge in [-0.1, -0.05) is 29.8 Å². The number of rotatable bonds is 1. The van der Waals surface area contributed by atoms with Crippen molar-refractivity contribution >= 4 is 39.2 Å².